The number of hydrogen-bond acceptors (Lipinski definition) is 7. The van der Waals surface area contributed by atoms with Crippen LogP contribution in [0.3, 0.4) is 0 Å². The van der Waals surface area contributed by atoms with Gasteiger partial charge in [-0.15, -0.1) is 0 Å². The van der Waals surface area contributed by atoms with E-state index in [2.05, 4.69) is 4.98 Å². The number of likely N-dealkylation sites (tertiary alicyclic amines) is 1. The first-order valence-corrected chi connectivity index (χ1v) is 8.67. The molecule has 0 N–H and O–H groups in total. The molecule has 0 saturated carbocycles. The van der Waals surface area contributed by atoms with Crippen LogP contribution in [0, 0.1) is 22.0 Å². The van der Waals surface area contributed by atoms with E-state index in [0.29, 0.717) is 30.9 Å². The Morgan fingerprint density at radius 1 is 1.46 bits per heavy atom. The average molecular weight is 385 g/mol. The molecule has 2 atom stereocenters. The number of carbonyl (C=O) groups excluding carboxylic acids is 2. The molecule has 2 aromatic rings. The molecule has 1 aromatic carbocycles. The van der Waals surface area contributed by atoms with Crippen LogP contribution in [0.4, 0.5) is 5.69 Å². The fourth-order valence-electron chi connectivity index (χ4n) is 3.15. The Kier molecular flexibility index (Phi) is 5.83. The summed E-state index contributed by atoms with van der Waals surface area (Å²) in [6, 6.07) is 5.97. The molecule has 1 amide bonds. The molecule has 0 unspecified atom stereocenters. The molecule has 0 radical (unpaired) electrons. The zero-order chi connectivity index (χ0) is 20.1. The third-order valence-corrected chi connectivity index (χ3v) is 4.57. The summed E-state index contributed by atoms with van der Waals surface area (Å²) in [5, 5.41) is 10.9. The third-order valence-electron chi connectivity index (χ3n) is 4.57. The molecular weight excluding hydrogens is 366 g/mol. The lowest BCUT2D eigenvalue weighted by Gasteiger charge is -2.16. The molecule has 1 aliphatic rings. The predicted octanol–water partition coefficient (Wildman–Crippen LogP) is 2.58. The van der Waals surface area contributed by atoms with Crippen molar-refractivity contribution in [1.82, 2.24) is 9.88 Å². The van der Waals surface area contributed by atoms with E-state index < -0.39 is 4.92 Å². The summed E-state index contributed by atoms with van der Waals surface area (Å²) in [4.78, 5) is 39.0. The van der Waals surface area contributed by atoms with E-state index in [1.165, 1.54) is 18.3 Å². The number of ether oxygens (including phenoxy) is 1. The van der Waals surface area contributed by atoms with Crippen molar-refractivity contribution in [2.75, 3.05) is 20.2 Å². The van der Waals surface area contributed by atoms with Gasteiger partial charge >= 0.3 is 0 Å². The van der Waals surface area contributed by atoms with Gasteiger partial charge in [-0.25, -0.2) is 4.98 Å². The van der Waals surface area contributed by atoms with E-state index in [4.69, 9.17) is 9.15 Å². The lowest BCUT2D eigenvalue weighted by Crippen LogP contribution is -2.22. The van der Waals surface area contributed by atoms with Gasteiger partial charge in [0.15, 0.2) is 12.0 Å². The van der Waals surface area contributed by atoms with E-state index in [0.717, 1.165) is 0 Å². The van der Waals surface area contributed by atoms with Gasteiger partial charge in [0.25, 0.3) is 5.69 Å². The maximum absolute atomic E-state index is 12.4. The highest BCUT2D eigenvalue weighted by Gasteiger charge is 2.38. The molecule has 0 bridgehead atoms. The van der Waals surface area contributed by atoms with Crippen LogP contribution in [0.1, 0.15) is 22.9 Å². The molecular formula is C19H19N3O6. The second-order valence-electron chi connectivity index (χ2n) is 6.51. The van der Waals surface area contributed by atoms with Gasteiger partial charge < -0.3 is 14.1 Å². The Hall–Kier alpha value is -3.49. The lowest BCUT2D eigenvalue weighted by atomic mass is 9.93. The average Bonchev–Trinajstić information content (AvgIpc) is 3.26. The molecule has 9 nitrogen and oxygen atoms in total. The van der Waals surface area contributed by atoms with Crippen molar-refractivity contribution in [1.29, 1.82) is 0 Å². The number of nitrogens with zero attached hydrogens (tertiary/aromatic N) is 3. The molecule has 1 aliphatic heterocycles. The number of benzene rings is 1. The Morgan fingerprint density at radius 2 is 2.29 bits per heavy atom. The van der Waals surface area contributed by atoms with Crippen molar-refractivity contribution in [3.05, 3.63) is 58.3 Å². The number of carbonyl (C=O) groups is 2. The number of aromatic nitrogens is 1. The van der Waals surface area contributed by atoms with Crippen LogP contribution in [-0.4, -0.2) is 47.2 Å². The second-order valence-corrected chi connectivity index (χ2v) is 6.51. The number of hydrogen-bond donors (Lipinski definition) is 0. The van der Waals surface area contributed by atoms with Gasteiger partial charge in [-0.2, -0.15) is 0 Å². The molecule has 1 fully saturated rings. The van der Waals surface area contributed by atoms with E-state index in [-0.39, 0.29) is 35.8 Å². The first-order valence-electron chi connectivity index (χ1n) is 8.67. The third kappa shape index (κ3) is 4.43. The normalized spacial score (nSPS) is 19.3. The van der Waals surface area contributed by atoms with Gasteiger partial charge in [0, 0.05) is 31.5 Å². The highest BCUT2D eigenvalue weighted by atomic mass is 16.6. The molecule has 28 heavy (non-hydrogen) atoms. The second kappa shape index (κ2) is 8.47. The van der Waals surface area contributed by atoms with Crippen molar-refractivity contribution in [3.63, 3.8) is 0 Å². The highest BCUT2D eigenvalue weighted by molar-refractivity contribution is 5.81. The van der Waals surface area contributed by atoms with Crippen molar-refractivity contribution in [2.45, 2.75) is 6.42 Å². The smallest absolute Gasteiger partial charge is 0.273 e. The van der Waals surface area contributed by atoms with Crippen LogP contribution in [-0.2, 0) is 4.79 Å². The van der Waals surface area contributed by atoms with Gasteiger partial charge in [-0.1, -0.05) is 12.1 Å². The van der Waals surface area contributed by atoms with Crippen molar-refractivity contribution in [3.8, 4) is 5.75 Å². The Morgan fingerprint density at radius 3 is 3.00 bits per heavy atom. The van der Waals surface area contributed by atoms with Crippen LogP contribution >= 0.6 is 0 Å². The quantitative estimate of drug-likeness (QED) is 0.389. The Labute approximate surface area is 160 Å². The summed E-state index contributed by atoms with van der Waals surface area (Å²) in [5.41, 5.74) is -0.0442. The minimum Gasteiger partial charge on any atom is -0.493 e. The van der Waals surface area contributed by atoms with Gasteiger partial charge in [0.2, 0.25) is 11.8 Å². The van der Waals surface area contributed by atoms with Crippen LogP contribution in [0.25, 0.3) is 6.08 Å². The summed E-state index contributed by atoms with van der Waals surface area (Å²) in [6.07, 6.45) is 5.77. The molecule has 2 heterocycles. The van der Waals surface area contributed by atoms with Crippen LogP contribution in [0.5, 0.6) is 5.75 Å². The highest BCUT2D eigenvalue weighted by Crippen LogP contribution is 2.29. The van der Waals surface area contributed by atoms with Crippen LogP contribution < -0.4 is 4.74 Å². The number of oxazole rings is 1. The number of allylic oxidation sites excluding steroid dienone is 1. The van der Waals surface area contributed by atoms with Crippen molar-refractivity contribution in [2.24, 2.45) is 11.8 Å². The lowest BCUT2D eigenvalue weighted by molar-refractivity contribution is -0.384. The van der Waals surface area contributed by atoms with Gasteiger partial charge in [-0.3, -0.25) is 19.7 Å². The molecule has 1 saturated heterocycles. The number of amides is 1. The number of rotatable bonds is 8. The maximum Gasteiger partial charge on any atom is 0.273 e. The molecule has 0 spiro atoms. The minimum atomic E-state index is -0.480. The molecule has 1 aromatic heterocycles. The van der Waals surface area contributed by atoms with E-state index >= 15 is 0 Å². The molecule has 3 rings (SSSR count). The summed E-state index contributed by atoms with van der Waals surface area (Å²) >= 11 is 0. The Balaban J connectivity index is 1.62. The fraction of sp³-hybridized carbons (Fsp3) is 0.316. The zero-order valence-electron chi connectivity index (χ0n) is 15.2. The van der Waals surface area contributed by atoms with Crippen LogP contribution in [0.2, 0.25) is 0 Å². The maximum atomic E-state index is 12.4. The van der Waals surface area contributed by atoms with Crippen molar-refractivity contribution >= 4 is 24.0 Å². The summed E-state index contributed by atoms with van der Waals surface area (Å²) in [7, 11) is 1.73. The molecule has 146 valence electrons. The summed E-state index contributed by atoms with van der Waals surface area (Å²) in [6.45, 7) is 0.810. The largest absolute Gasteiger partial charge is 0.493 e. The Bertz CT molecular complexity index is 907. The molecule has 9 heteroatoms. The van der Waals surface area contributed by atoms with Gasteiger partial charge in [0.05, 0.1) is 23.8 Å². The van der Waals surface area contributed by atoms with E-state index in [9.17, 15) is 19.7 Å². The predicted molar refractivity (Wildman–Crippen MR) is 98.7 cm³/mol. The number of aldehydes is 1. The first kappa shape index (κ1) is 19.3. The van der Waals surface area contributed by atoms with E-state index in [1.807, 2.05) is 0 Å². The van der Waals surface area contributed by atoms with Gasteiger partial charge in [0.1, 0.15) is 5.75 Å². The fourth-order valence-corrected chi connectivity index (χ4v) is 3.15. The zero-order valence-corrected chi connectivity index (χ0v) is 15.2. The number of nitro groups is 1. The topological polar surface area (TPSA) is 116 Å². The summed E-state index contributed by atoms with van der Waals surface area (Å²) in [5.74, 6) is 0.506. The SMILES string of the molecule is CN1C[C@H](COc2cccc([N+](=O)[O-])c2)[C@@H](C/C=C\c2ncc(C=O)o2)C1=O. The molecule has 0 aliphatic carbocycles. The number of nitro benzene ring substituents is 1. The number of non-ortho nitro benzene ring substituents is 1. The van der Waals surface area contributed by atoms with Crippen LogP contribution in [0.15, 0.2) is 41.0 Å². The summed E-state index contributed by atoms with van der Waals surface area (Å²) < 4.78 is 10.9. The van der Waals surface area contributed by atoms with Gasteiger partial charge in [-0.05, 0) is 18.6 Å². The first-order chi connectivity index (χ1) is 13.5. The standard InChI is InChI=1S/C19H19N3O6/c1-21-10-13(12-27-15-5-2-4-14(8-15)22(25)26)17(19(21)24)6-3-7-18-20-9-16(11-23)28-18/h2-5,7-9,11,13,17H,6,10,12H2,1H3/b7-3-/t13-,17-/m1/s1. The monoisotopic (exact) mass is 385 g/mol. The van der Waals surface area contributed by atoms with Crippen molar-refractivity contribution < 1.29 is 23.7 Å². The minimum absolute atomic E-state index is 0.0123. The van der Waals surface area contributed by atoms with E-state index in [1.54, 1.807) is 36.2 Å².